The molecule has 15 heavy (non-hydrogen) atoms. The Balaban J connectivity index is 2.90. The molecular weight excluding hydrogens is 192 g/mol. The van der Waals surface area contributed by atoms with Gasteiger partial charge in [0.05, 0.1) is 0 Å². The second-order valence-electron chi connectivity index (χ2n) is 3.98. The van der Waals surface area contributed by atoms with Crippen LogP contribution in [0.4, 0.5) is 0 Å². The van der Waals surface area contributed by atoms with E-state index in [2.05, 4.69) is 0 Å². The van der Waals surface area contributed by atoms with Crippen LogP contribution < -0.4 is 4.74 Å². The number of rotatable bonds is 4. The fourth-order valence-corrected chi connectivity index (χ4v) is 1.14. The molecule has 0 amide bonds. The summed E-state index contributed by atoms with van der Waals surface area (Å²) in [4.78, 5) is 11.1. The Morgan fingerprint density at radius 1 is 1.33 bits per heavy atom. The molecule has 1 N–H and O–H groups in total. The molecule has 3 heteroatoms. The number of carbonyl (C=O) groups is 1. The minimum Gasteiger partial charge on any atom is -0.478 e. The molecule has 82 valence electrons. The Kier molecular flexibility index (Phi) is 3.35. The van der Waals surface area contributed by atoms with Crippen molar-refractivity contribution in [3.8, 4) is 5.75 Å². The molecule has 0 aliphatic carbocycles. The maximum Gasteiger partial charge on any atom is 0.348 e. The standard InChI is InChI=1S/C12H16O3/c1-9(2)12(3,11(13)14)15-10-7-5-4-6-8-10/h4-9H,1-3H3,(H,13,14). The van der Waals surface area contributed by atoms with Crippen LogP contribution >= 0.6 is 0 Å². The molecule has 3 nitrogen and oxygen atoms in total. The molecule has 1 aromatic rings. The zero-order valence-corrected chi connectivity index (χ0v) is 9.23. The first-order valence-corrected chi connectivity index (χ1v) is 4.94. The summed E-state index contributed by atoms with van der Waals surface area (Å²) >= 11 is 0. The molecule has 0 heterocycles. The summed E-state index contributed by atoms with van der Waals surface area (Å²) in [5, 5.41) is 9.14. The van der Waals surface area contributed by atoms with Gasteiger partial charge in [0.1, 0.15) is 5.75 Å². The summed E-state index contributed by atoms with van der Waals surface area (Å²) < 4.78 is 5.53. The Morgan fingerprint density at radius 2 is 1.87 bits per heavy atom. The Hall–Kier alpha value is -1.51. The lowest BCUT2D eigenvalue weighted by atomic mass is 9.92. The van der Waals surface area contributed by atoms with E-state index in [1.165, 1.54) is 0 Å². The van der Waals surface area contributed by atoms with E-state index in [4.69, 9.17) is 9.84 Å². The third-order valence-electron chi connectivity index (χ3n) is 2.60. The number of ether oxygens (including phenoxy) is 1. The van der Waals surface area contributed by atoms with Crippen molar-refractivity contribution in [3.05, 3.63) is 30.3 Å². The maximum atomic E-state index is 11.1. The van der Waals surface area contributed by atoms with Crippen LogP contribution in [-0.2, 0) is 4.79 Å². The van der Waals surface area contributed by atoms with Crippen molar-refractivity contribution >= 4 is 5.97 Å². The van der Waals surface area contributed by atoms with Gasteiger partial charge in [-0.15, -0.1) is 0 Å². The molecule has 1 aromatic carbocycles. The van der Waals surface area contributed by atoms with Crippen molar-refractivity contribution in [1.29, 1.82) is 0 Å². The summed E-state index contributed by atoms with van der Waals surface area (Å²) in [7, 11) is 0. The van der Waals surface area contributed by atoms with Crippen molar-refractivity contribution in [3.63, 3.8) is 0 Å². The zero-order valence-electron chi connectivity index (χ0n) is 9.23. The molecular formula is C12H16O3. The van der Waals surface area contributed by atoms with Crippen LogP contribution in [0.1, 0.15) is 20.8 Å². The predicted molar refractivity (Wildman–Crippen MR) is 57.9 cm³/mol. The normalized spacial score (nSPS) is 14.7. The minimum atomic E-state index is -1.18. The van der Waals surface area contributed by atoms with Crippen molar-refractivity contribution in [2.45, 2.75) is 26.4 Å². The minimum absolute atomic E-state index is 0.102. The SMILES string of the molecule is CC(C)C(C)(Oc1ccccc1)C(=O)O. The van der Waals surface area contributed by atoms with Gasteiger partial charge in [-0.05, 0) is 19.1 Å². The van der Waals surface area contributed by atoms with Crippen LogP contribution in [0.3, 0.4) is 0 Å². The maximum absolute atomic E-state index is 11.1. The lowest BCUT2D eigenvalue weighted by molar-refractivity contribution is -0.157. The average molecular weight is 208 g/mol. The van der Waals surface area contributed by atoms with Crippen molar-refractivity contribution < 1.29 is 14.6 Å². The highest BCUT2D eigenvalue weighted by atomic mass is 16.5. The van der Waals surface area contributed by atoms with Crippen LogP contribution in [0, 0.1) is 5.92 Å². The van der Waals surface area contributed by atoms with E-state index in [9.17, 15) is 4.79 Å². The molecule has 1 rings (SSSR count). The number of carboxylic acids is 1. The van der Waals surface area contributed by atoms with Crippen molar-refractivity contribution in [2.75, 3.05) is 0 Å². The third-order valence-corrected chi connectivity index (χ3v) is 2.60. The highest BCUT2D eigenvalue weighted by Gasteiger charge is 2.39. The summed E-state index contributed by atoms with van der Waals surface area (Å²) in [6, 6.07) is 9.00. The number of aliphatic carboxylic acids is 1. The van der Waals surface area contributed by atoms with Gasteiger partial charge in [0.25, 0.3) is 0 Å². The van der Waals surface area contributed by atoms with E-state index < -0.39 is 11.6 Å². The Morgan fingerprint density at radius 3 is 2.27 bits per heavy atom. The van der Waals surface area contributed by atoms with E-state index >= 15 is 0 Å². The van der Waals surface area contributed by atoms with Gasteiger partial charge in [-0.1, -0.05) is 32.0 Å². The van der Waals surface area contributed by atoms with Crippen molar-refractivity contribution in [1.82, 2.24) is 0 Å². The highest BCUT2D eigenvalue weighted by molar-refractivity contribution is 5.77. The van der Waals surface area contributed by atoms with Gasteiger partial charge in [-0.2, -0.15) is 0 Å². The van der Waals surface area contributed by atoms with Gasteiger partial charge < -0.3 is 9.84 Å². The van der Waals surface area contributed by atoms with Gasteiger partial charge in [0.15, 0.2) is 0 Å². The molecule has 0 aliphatic rings. The number of carboxylic acid groups (broad SMARTS) is 1. The summed E-state index contributed by atoms with van der Waals surface area (Å²) in [6.07, 6.45) is 0. The number of hydrogen-bond donors (Lipinski definition) is 1. The fraction of sp³-hybridized carbons (Fsp3) is 0.417. The van der Waals surface area contributed by atoms with Crippen LogP contribution in [0.5, 0.6) is 5.75 Å². The van der Waals surface area contributed by atoms with Crippen LogP contribution in [-0.4, -0.2) is 16.7 Å². The van der Waals surface area contributed by atoms with E-state index in [0.29, 0.717) is 5.75 Å². The van der Waals surface area contributed by atoms with Crippen LogP contribution in [0.2, 0.25) is 0 Å². The van der Waals surface area contributed by atoms with Gasteiger partial charge >= 0.3 is 5.97 Å². The predicted octanol–water partition coefficient (Wildman–Crippen LogP) is 2.56. The molecule has 0 aromatic heterocycles. The van der Waals surface area contributed by atoms with Gasteiger partial charge in [0, 0.05) is 5.92 Å². The number of hydrogen-bond acceptors (Lipinski definition) is 2. The van der Waals surface area contributed by atoms with Crippen molar-refractivity contribution in [2.24, 2.45) is 5.92 Å². The van der Waals surface area contributed by atoms with E-state index in [-0.39, 0.29) is 5.92 Å². The Bertz CT molecular complexity index is 332. The molecule has 0 spiro atoms. The molecule has 0 radical (unpaired) electrons. The highest BCUT2D eigenvalue weighted by Crippen LogP contribution is 2.25. The van der Waals surface area contributed by atoms with Gasteiger partial charge in [0.2, 0.25) is 5.60 Å². The monoisotopic (exact) mass is 208 g/mol. The molecule has 1 unspecified atom stereocenters. The third kappa shape index (κ3) is 2.49. The number of benzene rings is 1. The molecule has 0 bridgehead atoms. The second kappa shape index (κ2) is 4.34. The molecule has 0 fully saturated rings. The van der Waals surface area contributed by atoms with Gasteiger partial charge in [-0.25, -0.2) is 4.79 Å². The first kappa shape index (κ1) is 11.6. The van der Waals surface area contributed by atoms with Crippen LogP contribution in [0.25, 0.3) is 0 Å². The zero-order chi connectivity index (χ0) is 11.5. The van der Waals surface area contributed by atoms with E-state index in [0.717, 1.165) is 0 Å². The molecule has 0 saturated heterocycles. The quantitative estimate of drug-likeness (QED) is 0.827. The Labute approximate surface area is 89.7 Å². The summed E-state index contributed by atoms with van der Waals surface area (Å²) in [5.41, 5.74) is -1.18. The topological polar surface area (TPSA) is 46.5 Å². The molecule has 1 atom stereocenters. The fourth-order valence-electron chi connectivity index (χ4n) is 1.14. The molecule has 0 aliphatic heterocycles. The van der Waals surface area contributed by atoms with Gasteiger partial charge in [-0.3, -0.25) is 0 Å². The first-order valence-electron chi connectivity index (χ1n) is 4.94. The lowest BCUT2D eigenvalue weighted by Crippen LogP contribution is -2.46. The van der Waals surface area contributed by atoms with E-state index in [1.807, 2.05) is 32.0 Å². The number of para-hydroxylation sites is 1. The van der Waals surface area contributed by atoms with E-state index in [1.54, 1.807) is 19.1 Å². The summed E-state index contributed by atoms with van der Waals surface area (Å²) in [6.45, 7) is 5.25. The molecule has 0 saturated carbocycles. The average Bonchev–Trinajstić information content (AvgIpc) is 2.18. The first-order chi connectivity index (χ1) is 6.97. The smallest absolute Gasteiger partial charge is 0.348 e. The second-order valence-corrected chi connectivity index (χ2v) is 3.98. The largest absolute Gasteiger partial charge is 0.478 e. The lowest BCUT2D eigenvalue weighted by Gasteiger charge is -2.29. The summed E-state index contributed by atoms with van der Waals surface area (Å²) in [5.74, 6) is -0.465. The van der Waals surface area contributed by atoms with Crippen LogP contribution in [0.15, 0.2) is 30.3 Å².